The van der Waals surface area contributed by atoms with Crippen LogP contribution >= 0.6 is 11.3 Å². The van der Waals surface area contributed by atoms with Crippen molar-refractivity contribution < 1.29 is 13.7 Å². The summed E-state index contributed by atoms with van der Waals surface area (Å²) >= 11 is 0.325. The average Bonchev–Trinajstić information content (AvgIpc) is 3.01. The number of urea groups is 1. The maximum Gasteiger partial charge on any atom is 0.324 e. The highest BCUT2D eigenvalue weighted by atomic mass is 32.2. The van der Waals surface area contributed by atoms with Gasteiger partial charge in [-0.2, -0.15) is 0 Å². The second kappa shape index (κ2) is 7.71. The molecule has 0 aliphatic heterocycles. The first-order chi connectivity index (χ1) is 10.9. The molecule has 2 aromatic heterocycles. The lowest BCUT2D eigenvalue weighted by Gasteiger charge is -2.23. The molecule has 0 aliphatic rings. The molecule has 0 saturated heterocycles. The molecule has 2 heterocycles. The standard InChI is InChI=1S/C14H17FN4O2S2/c1-18(4-5-23(3)21)14(20)19(2)12-9-17-13(22-12)10-6-11(15)8-16-7-10/h6-9H,4-5H2,1-3H3. The van der Waals surface area contributed by atoms with Crippen LogP contribution in [0, 0.1) is 5.82 Å². The van der Waals surface area contributed by atoms with Gasteiger partial charge < -0.3 is 9.45 Å². The molecule has 2 aromatic rings. The van der Waals surface area contributed by atoms with E-state index in [-0.39, 0.29) is 6.03 Å². The number of hydrogen-bond donors (Lipinski definition) is 0. The van der Waals surface area contributed by atoms with Gasteiger partial charge in [0.1, 0.15) is 21.6 Å². The normalized spacial score (nSPS) is 12.0. The van der Waals surface area contributed by atoms with Crippen molar-refractivity contribution >= 4 is 33.5 Å². The summed E-state index contributed by atoms with van der Waals surface area (Å²) in [5, 5.41) is 1.22. The van der Waals surface area contributed by atoms with Crippen molar-refractivity contribution in [3.63, 3.8) is 0 Å². The second-order valence-corrected chi connectivity index (χ2v) is 7.50. The highest BCUT2D eigenvalue weighted by Crippen LogP contribution is 2.30. The Morgan fingerprint density at radius 2 is 2.13 bits per heavy atom. The maximum absolute atomic E-state index is 13.2. The Hall–Kier alpha value is -1.71. The number of nitrogens with zero attached hydrogens (tertiary/aromatic N) is 4. The van der Waals surface area contributed by atoms with E-state index in [0.29, 0.717) is 27.9 Å². The molecular weight excluding hydrogens is 339 g/mol. The van der Waals surface area contributed by atoms with Crippen LogP contribution in [0.1, 0.15) is 0 Å². The van der Waals surface area contributed by atoms with Gasteiger partial charge in [0.25, 0.3) is 0 Å². The molecule has 0 aromatic carbocycles. The predicted molar refractivity (Wildman–Crippen MR) is 90.7 cm³/mol. The van der Waals surface area contributed by atoms with Gasteiger partial charge in [0.15, 0.2) is 0 Å². The summed E-state index contributed by atoms with van der Waals surface area (Å²) in [5.74, 6) is -0.00473. The van der Waals surface area contributed by atoms with Crippen LogP contribution in [0.2, 0.25) is 0 Å². The first kappa shape index (κ1) is 17.6. The lowest BCUT2D eigenvalue weighted by molar-refractivity contribution is 0.219. The van der Waals surface area contributed by atoms with Crippen LogP contribution in [0.25, 0.3) is 10.6 Å². The van der Waals surface area contributed by atoms with Gasteiger partial charge in [0.05, 0.1) is 25.2 Å². The molecule has 1 unspecified atom stereocenters. The minimum absolute atomic E-state index is 0.219. The molecule has 0 aliphatic carbocycles. The minimum atomic E-state index is -0.948. The first-order valence-corrected chi connectivity index (χ1v) is 9.28. The zero-order valence-corrected chi connectivity index (χ0v) is 14.7. The Bertz CT molecular complexity index is 680. The third kappa shape index (κ3) is 4.63. The lowest BCUT2D eigenvalue weighted by Crippen LogP contribution is -2.40. The molecule has 2 amide bonds. The molecule has 0 radical (unpaired) electrons. The van der Waals surface area contributed by atoms with Gasteiger partial charge in [-0.1, -0.05) is 22.5 Å². The van der Waals surface area contributed by atoms with Crippen molar-refractivity contribution in [1.82, 2.24) is 14.9 Å². The Morgan fingerprint density at radius 1 is 1.39 bits per heavy atom. The van der Waals surface area contributed by atoms with Crippen LogP contribution in [0.15, 0.2) is 24.7 Å². The predicted octanol–water partition coefficient (Wildman–Crippen LogP) is 2.21. The molecule has 0 fully saturated rings. The van der Waals surface area contributed by atoms with Crippen LogP contribution < -0.4 is 4.90 Å². The van der Waals surface area contributed by atoms with Crippen LogP contribution in [0.3, 0.4) is 0 Å². The fraction of sp³-hybridized carbons (Fsp3) is 0.357. The van der Waals surface area contributed by atoms with Crippen molar-refractivity contribution in [3.05, 3.63) is 30.5 Å². The summed E-state index contributed by atoms with van der Waals surface area (Å²) in [6, 6.07) is 1.13. The van der Waals surface area contributed by atoms with Crippen molar-refractivity contribution in [3.8, 4) is 10.6 Å². The third-order valence-corrected chi connectivity index (χ3v) is 4.98. The maximum atomic E-state index is 13.2. The minimum Gasteiger partial charge on any atom is -0.617 e. The molecule has 124 valence electrons. The molecule has 0 spiro atoms. The number of aromatic nitrogens is 2. The van der Waals surface area contributed by atoms with Crippen LogP contribution in [0.4, 0.5) is 14.2 Å². The Kier molecular flexibility index (Phi) is 5.91. The zero-order chi connectivity index (χ0) is 17.0. The fourth-order valence-electron chi connectivity index (χ4n) is 1.79. The van der Waals surface area contributed by atoms with Crippen molar-refractivity contribution in [2.24, 2.45) is 0 Å². The van der Waals surface area contributed by atoms with Gasteiger partial charge in [-0.3, -0.25) is 9.88 Å². The van der Waals surface area contributed by atoms with Gasteiger partial charge in [0.2, 0.25) is 0 Å². The third-order valence-electron chi connectivity index (χ3n) is 3.10. The van der Waals surface area contributed by atoms with E-state index in [1.165, 1.54) is 33.4 Å². The highest BCUT2D eigenvalue weighted by molar-refractivity contribution is 7.90. The van der Waals surface area contributed by atoms with E-state index in [1.54, 1.807) is 26.5 Å². The van der Waals surface area contributed by atoms with Crippen molar-refractivity contribution in [1.29, 1.82) is 0 Å². The number of pyridine rings is 1. The Balaban J connectivity index is 2.08. The van der Waals surface area contributed by atoms with E-state index >= 15 is 0 Å². The average molecular weight is 356 g/mol. The monoisotopic (exact) mass is 356 g/mol. The van der Waals surface area contributed by atoms with Gasteiger partial charge in [-0.25, -0.2) is 14.2 Å². The zero-order valence-electron chi connectivity index (χ0n) is 13.0. The van der Waals surface area contributed by atoms with Crippen LogP contribution in [0.5, 0.6) is 0 Å². The topological polar surface area (TPSA) is 72.4 Å². The number of carbonyl (C=O) groups excluding carboxylic acids is 1. The van der Waals surface area contributed by atoms with Crippen molar-refractivity contribution in [2.75, 3.05) is 37.5 Å². The van der Waals surface area contributed by atoms with E-state index in [9.17, 15) is 13.7 Å². The van der Waals surface area contributed by atoms with Crippen molar-refractivity contribution in [2.45, 2.75) is 0 Å². The Morgan fingerprint density at radius 3 is 2.78 bits per heavy atom. The molecule has 23 heavy (non-hydrogen) atoms. The van der Waals surface area contributed by atoms with Gasteiger partial charge in [-0.05, 0) is 6.07 Å². The van der Waals surface area contributed by atoms with E-state index in [0.717, 1.165) is 6.20 Å². The molecule has 2 rings (SSSR count). The fourth-order valence-corrected chi connectivity index (χ4v) is 3.18. The summed E-state index contributed by atoms with van der Waals surface area (Å²) in [6.07, 6.45) is 5.82. The van der Waals surface area contributed by atoms with E-state index in [4.69, 9.17) is 0 Å². The van der Waals surface area contributed by atoms with E-state index in [1.807, 2.05) is 0 Å². The number of rotatable bonds is 5. The van der Waals surface area contributed by atoms with E-state index in [2.05, 4.69) is 9.97 Å². The molecule has 0 N–H and O–H groups in total. The number of thiazole rings is 1. The quantitative estimate of drug-likeness (QED) is 0.770. The summed E-state index contributed by atoms with van der Waals surface area (Å²) in [4.78, 5) is 23.3. The highest BCUT2D eigenvalue weighted by Gasteiger charge is 2.19. The number of hydrogen-bond acceptors (Lipinski definition) is 5. The number of carbonyl (C=O) groups is 1. The molecule has 1 atom stereocenters. The number of halogens is 1. The second-order valence-electron chi connectivity index (χ2n) is 4.94. The summed E-state index contributed by atoms with van der Waals surface area (Å²) in [6.45, 7) is 0.408. The van der Waals surface area contributed by atoms with Crippen LogP contribution in [-0.2, 0) is 11.2 Å². The van der Waals surface area contributed by atoms with E-state index < -0.39 is 17.0 Å². The van der Waals surface area contributed by atoms with Gasteiger partial charge in [0, 0.05) is 25.9 Å². The largest absolute Gasteiger partial charge is 0.617 e. The smallest absolute Gasteiger partial charge is 0.324 e. The van der Waals surface area contributed by atoms with Crippen LogP contribution in [-0.4, -0.2) is 58.1 Å². The molecule has 6 nitrogen and oxygen atoms in total. The van der Waals surface area contributed by atoms with Gasteiger partial charge >= 0.3 is 6.03 Å². The summed E-state index contributed by atoms with van der Waals surface area (Å²) in [5.41, 5.74) is 0.567. The molecule has 0 saturated carbocycles. The summed E-state index contributed by atoms with van der Waals surface area (Å²) < 4.78 is 24.3. The molecular formula is C14H17FN4O2S2. The SMILES string of the molecule is CN(CC[S+](C)[O-])C(=O)N(C)c1cnc(-c2cncc(F)c2)s1. The molecule has 9 heteroatoms. The number of amides is 2. The Labute approximate surface area is 141 Å². The first-order valence-electron chi connectivity index (χ1n) is 6.74. The molecule has 0 bridgehead atoms. The number of anilines is 1. The summed E-state index contributed by atoms with van der Waals surface area (Å²) in [7, 11) is 3.30. The van der Waals surface area contributed by atoms with Gasteiger partial charge in [-0.15, -0.1) is 0 Å². The lowest BCUT2D eigenvalue weighted by atomic mass is 10.3.